The number of benzene rings is 1. The van der Waals surface area contributed by atoms with Crippen molar-refractivity contribution in [3.8, 4) is 0 Å². The third kappa shape index (κ3) is 11.8. The lowest BCUT2D eigenvalue weighted by atomic mass is 9.96. The number of carbonyl (C=O) groups is 3. The van der Waals surface area contributed by atoms with Crippen molar-refractivity contribution in [2.75, 3.05) is 14.2 Å². The molecule has 8 heteroatoms. The van der Waals surface area contributed by atoms with Crippen molar-refractivity contribution < 1.29 is 19.1 Å². The number of methoxy groups -OCH3 is 1. The third-order valence-corrected chi connectivity index (χ3v) is 8.13. The smallest absolute Gasteiger partial charge is 0.308 e. The van der Waals surface area contributed by atoms with E-state index in [9.17, 15) is 14.4 Å². The van der Waals surface area contributed by atoms with Gasteiger partial charge in [0.1, 0.15) is 5.69 Å². The molecule has 0 aliphatic carbocycles. The van der Waals surface area contributed by atoms with Gasteiger partial charge in [0.2, 0.25) is 5.91 Å². The van der Waals surface area contributed by atoms with Crippen LogP contribution in [0.2, 0.25) is 0 Å². The average Bonchev–Trinajstić information content (AvgIpc) is 3.43. The largest absolute Gasteiger partial charge is 0.469 e. The molecule has 224 valence electrons. The highest BCUT2D eigenvalue weighted by Gasteiger charge is 2.25. The van der Waals surface area contributed by atoms with Gasteiger partial charge in [-0.05, 0) is 36.7 Å². The number of carbonyl (C=O) groups excluding carboxylic acids is 3. The first kappa shape index (κ1) is 35.3. The lowest BCUT2D eigenvalue weighted by Crippen LogP contribution is -2.41. The molecule has 0 bridgehead atoms. The van der Waals surface area contributed by atoms with Gasteiger partial charge in [-0.25, -0.2) is 4.98 Å². The molecule has 1 aromatic carbocycles. The molecule has 2 rings (SSSR count). The quantitative estimate of drug-likeness (QED) is 0.244. The van der Waals surface area contributed by atoms with E-state index in [-0.39, 0.29) is 35.8 Å². The fourth-order valence-corrected chi connectivity index (χ4v) is 5.42. The molecule has 4 atom stereocenters. The monoisotopic (exact) mass is 573 g/mol. The predicted octanol–water partition coefficient (Wildman–Crippen LogP) is 6.56. The molecule has 7 nitrogen and oxygen atoms in total. The number of nitrogens with one attached hydrogen (secondary N) is 1. The first-order valence-electron chi connectivity index (χ1n) is 14.7. The Hall–Kier alpha value is -2.74. The number of aryl methyl sites for hydroxylation is 1. The molecule has 0 aliphatic rings. The van der Waals surface area contributed by atoms with Crippen molar-refractivity contribution in [2.45, 2.75) is 99.1 Å². The fraction of sp³-hybridized carbons (Fsp3) is 0.625. The molecule has 0 radical (unpaired) electrons. The summed E-state index contributed by atoms with van der Waals surface area (Å²) in [4.78, 5) is 44.4. The highest BCUT2D eigenvalue weighted by molar-refractivity contribution is 7.09. The summed E-state index contributed by atoms with van der Waals surface area (Å²) >= 11 is 1.47. The van der Waals surface area contributed by atoms with Gasteiger partial charge in [0.05, 0.1) is 18.0 Å². The van der Waals surface area contributed by atoms with Gasteiger partial charge in [-0.3, -0.25) is 14.4 Å². The molecule has 0 fully saturated rings. The van der Waals surface area contributed by atoms with E-state index in [4.69, 9.17) is 4.74 Å². The van der Waals surface area contributed by atoms with Crippen LogP contribution >= 0.6 is 11.3 Å². The van der Waals surface area contributed by atoms with E-state index in [0.29, 0.717) is 43.2 Å². The molecular weight excluding hydrogens is 522 g/mol. The zero-order valence-corrected chi connectivity index (χ0v) is 26.8. The van der Waals surface area contributed by atoms with Crippen molar-refractivity contribution in [1.29, 1.82) is 0 Å². The Labute approximate surface area is 246 Å². The molecule has 1 heterocycles. The zero-order valence-electron chi connectivity index (χ0n) is 26.0. The molecule has 2 amide bonds. The van der Waals surface area contributed by atoms with Gasteiger partial charge in [0, 0.05) is 37.4 Å². The minimum atomic E-state index is -0.340. The Morgan fingerprint density at radius 2 is 1.73 bits per heavy atom. The summed E-state index contributed by atoms with van der Waals surface area (Å²) in [5.74, 6) is 0.00137. The van der Waals surface area contributed by atoms with Crippen LogP contribution in [0.4, 0.5) is 0 Å². The minimum absolute atomic E-state index is 0.114. The van der Waals surface area contributed by atoms with Crippen LogP contribution in [-0.4, -0.2) is 53.9 Å². The minimum Gasteiger partial charge on any atom is -0.469 e. The lowest BCUT2D eigenvalue weighted by molar-refractivity contribution is -0.145. The number of hydrogen-bond acceptors (Lipinski definition) is 6. The second-order valence-electron chi connectivity index (χ2n) is 10.7. The summed E-state index contributed by atoms with van der Waals surface area (Å²) in [5.41, 5.74) is 1.47. The van der Waals surface area contributed by atoms with E-state index >= 15 is 0 Å². The number of aromatic nitrogens is 1. The van der Waals surface area contributed by atoms with Crippen molar-refractivity contribution in [1.82, 2.24) is 15.2 Å². The molecule has 3 unspecified atom stereocenters. The van der Waals surface area contributed by atoms with Gasteiger partial charge >= 0.3 is 5.97 Å². The normalized spacial score (nSPS) is 13.8. The number of hydrogen-bond donors (Lipinski definition) is 1. The van der Waals surface area contributed by atoms with Crippen LogP contribution in [0.5, 0.6) is 0 Å². The molecule has 2 aromatic rings. The molecule has 40 heavy (non-hydrogen) atoms. The first-order valence-corrected chi connectivity index (χ1v) is 15.6. The third-order valence-electron chi connectivity index (χ3n) is 7.22. The highest BCUT2D eigenvalue weighted by atomic mass is 32.1. The maximum Gasteiger partial charge on any atom is 0.308 e. The fourth-order valence-electron chi connectivity index (χ4n) is 4.62. The van der Waals surface area contributed by atoms with Gasteiger partial charge in [-0.15, -0.1) is 11.3 Å². The van der Waals surface area contributed by atoms with Crippen molar-refractivity contribution >= 4 is 29.1 Å². The Morgan fingerprint density at radius 1 is 1.07 bits per heavy atom. The number of amides is 2. The summed E-state index contributed by atoms with van der Waals surface area (Å²) in [6.07, 6.45) is 4.13. The number of rotatable bonds is 15. The first-order chi connectivity index (χ1) is 19.0. The summed E-state index contributed by atoms with van der Waals surface area (Å²) in [7, 11) is 3.28. The molecule has 0 spiro atoms. The van der Waals surface area contributed by atoms with E-state index in [0.717, 1.165) is 23.4 Å². The molecule has 1 aromatic heterocycles. The Bertz CT molecular complexity index is 1020. The summed E-state index contributed by atoms with van der Waals surface area (Å²) < 4.78 is 4.89. The molecular formula is C32H51N3O4S. The van der Waals surface area contributed by atoms with E-state index in [1.165, 1.54) is 18.4 Å². The number of thiazole rings is 1. The standard InChI is InChI=1S/C30H45N3O4S.C2H6/c1-8-21(4)16-28(34)33(6)26(20(2)3)14-15-27-32-25(19-38-27)29(35)31-24(17-22(5)30(36)37-7)18-23-12-10-9-11-13-23;1-2/h9-13,19-22,24,26H,8,14-18H2,1-7H3,(H,31,35);1-2H3/t21-,22?,24?,26?;/m0./s1. The van der Waals surface area contributed by atoms with Gasteiger partial charge in [-0.1, -0.05) is 85.2 Å². The van der Waals surface area contributed by atoms with E-state index in [1.807, 2.05) is 63.1 Å². The van der Waals surface area contributed by atoms with Crippen LogP contribution in [0.15, 0.2) is 35.7 Å². The van der Waals surface area contributed by atoms with E-state index in [1.54, 1.807) is 5.38 Å². The van der Waals surface area contributed by atoms with Crippen molar-refractivity contribution in [3.05, 3.63) is 52.0 Å². The van der Waals surface area contributed by atoms with Crippen molar-refractivity contribution in [3.63, 3.8) is 0 Å². The molecule has 1 N–H and O–H groups in total. The maximum atomic E-state index is 13.1. The number of esters is 1. The SMILES string of the molecule is CC.CC[C@H](C)CC(=O)N(C)C(CCc1nc(C(=O)NC(Cc2ccccc2)CC(C)C(=O)OC)cs1)C(C)C. The average molecular weight is 574 g/mol. The zero-order chi connectivity index (χ0) is 30.2. The number of ether oxygens (including phenoxy) is 1. The van der Waals surface area contributed by atoms with E-state index < -0.39 is 0 Å². The highest BCUT2D eigenvalue weighted by Crippen LogP contribution is 2.21. The summed E-state index contributed by atoms with van der Waals surface area (Å²) in [6.45, 7) is 14.3. The van der Waals surface area contributed by atoms with Crippen LogP contribution in [-0.2, 0) is 27.2 Å². The maximum absolute atomic E-state index is 13.1. The molecule has 0 aliphatic heterocycles. The van der Waals surface area contributed by atoms with Crippen LogP contribution < -0.4 is 5.32 Å². The topological polar surface area (TPSA) is 88.6 Å². The second kappa shape index (κ2) is 18.6. The van der Waals surface area contributed by atoms with Gasteiger partial charge in [0.25, 0.3) is 5.91 Å². The van der Waals surface area contributed by atoms with Gasteiger partial charge < -0.3 is 15.0 Å². The Balaban J connectivity index is 0.00000391. The van der Waals surface area contributed by atoms with Crippen LogP contribution in [0.25, 0.3) is 0 Å². The van der Waals surface area contributed by atoms with Gasteiger partial charge in [0.15, 0.2) is 0 Å². The lowest BCUT2D eigenvalue weighted by Gasteiger charge is -2.32. The van der Waals surface area contributed by atoms with E-state index in [2.05, 4.69) is 38.0 Å². The second-order valence-corrected chi connectivity index (χ2v) is 11.7. The molecule has 0 saturated carbocycles. The Morgan fingerprint density at radius 3 is 2.30 bits per heavy atom. The summed E-state index contributed by atoms with van der Waals surface area (Å²) in [6, 6.07) is 9.78. The van der Waals surface area contributed by atoms with Crippen LogP contribution in [0.1, 0.15) is 95.2 Å². The number of nitrogens with zero attached hydrogens (tertiary/aromatic N) is 2. The Kier molecular flexibility index (Phi) is 16.4. The van der Waals surface area contributed by atoms with Gasteiger partial charge in [-0.2, -0.15) is 0 Å². The predicted molar refractivity (Wildman–Crippen MR) is 164 cm³/mol. The van der Waals surface area contributed by atoms with Crippen LogP contribution in [0, 0.1) is 17.8 Å². The van der Waals surface area contributed by atoms with Crippen LogP contribution in [0.3, 0.4) is 0 Å². The molecule has 0 saturated heterocycles. The summed E-state index contributed by atoms with van der Waals surface area (Å²) in [5, 5.41) is 5.76. The van der Waals surface area contributed by atoms with Crippen molar-refractivity contribution in [2.24, 2.45) is 17.8 Å².